The van der Waals surface area contributed by atoms with Gasteiger partial charge in [-0.25, -0.2) is 13.8 Å². The third kappa shape index (κ3) is 3.97. The Labute approximate surface area is 190 Å². The summed E-state index contributed by atoms with van der Waals surface area (Å²) in [5.74, 6) is -1.53. The Morgan fingerprint density at radius 1 is 1.30 bits per heavy atom. The van der Waals surface area contributed by atoms with Gasteiger partial charge in [-0.2, -0.15) is 0 Å². The summed E-state index contributed by atoms with van der Waals surface area (Å²) in [5.41, 5.74) is 3.85. The van der Waals surface area contributed by atoms with E-state index < -0.39 is 5.92 Å². The second-order valence-corrected chi connectivity index (χ2v) is 9.43. The van der Waals surface area contributed by atoms with E-state index in [2.05, 4.69) is 20.9 Å². The van der Waals surface area contributed by atoms with E-state index in [0.717, 1.165) is 39.8 Å². The van der Waals surface area contributed by atoms with E-state index in [9.17, 15) is 13.6 Å². The lowest BCUT2D eigenvalue weighted by molar-refractivity contribution is -0.186. The number of aromatic nitrogens is 2. The van der Waals surface area contributed by atoms with E-state index in [-0.39, 0.29) is 30.2 Å². The highest BCUT2D eigenvalue weighted by atomic mass is 19.3. The molecule has 2 fully saturated rings. The van der Waals surface area contributed by atoms with Gasteiger partial charge in [-0.15, -0.1) is 0 Å². The number of piperidine rings is 1. The smallest absolute Gasteiger partial charge is 0.299 e. The van der Waals surface area contributed by atoms with E-state index in [1.165, 1.54) is 0 Å². The summed E-state index contributed by atoms with van der Waals surface area (Å²) in [6.45, 7) is 3.72. The standard InChI is InChI=1S/C25H27F2N3O3/c1-16-9-21(32-2)19(18-5-7-28-23(16)18)12-30-8-6-24(13-25(26,27)14-24)10-20(30)17-3-4-22(29-11-17)33-15-31/h3-5,7,9,11,15,20,28H,6,8,10,12-14H2,1-2H3/t20-/m0/s1. The Balaban J connectivity index is 1.49. The number of benzene rings is 1. The van der Waals surface area contributed by atoms with Crippen molar-refractivity contribution in [3.05, 3.63) is 53.3 Å². The van der Waals surface area contributed by atoms with Crippen LogP contribution in [0.1, 0.15) is 48.4 Å². The first-order valence-electron chi connectivity index (χ1n) is 11.1. The highest BCUT2D eigenvalue weighted by molar-refractivity contribution is 5.88. The second-order valence-electron chi connectivity index (χ2n) is 9.43. The van der Waals surface area contributed by atoms with E-state index in [1.807, 2.05) is 25.3 Å². The fourth-order valence-electron chi connectivity index (χ4n) is 5.75. The summed E-state index contributed by atoms with van der Waals surface area (Å²) in [6, 6.07) is 7.54. The molecule has 3 aromatic rings. The third-order valence-corrected chi connectivity index (χ3v) is 7.27. The number of carbonyl (C=O) groups excluding carboxylic acids is 1. The van der Waals surface area contributed by atoms with Gasteiger partial charge in [-0.05, 0) is 55.0 Å². The molecule has 1 atom stereocenters. The number of hydrogen-bond donors (Lipinski definition) is 1. The quantitative estimate of drug-likeness (QED) is 0.520. The van der Waals surface area contributed by atoms with Crippen molar-refractivity contribution in [3.8, 4) is 11.6 Å². The van der Waals surface area contributed by atoms with Crippen molar-refractivity contribution in [2.24, 2.45) is 5.41 Å². The lowest BCUT2D eigenvalue weighted by atomic mass is 9.59. The molecule has 0 bridgehead atoms. The van der Waals surface area contributed by atoms with Gasteiger partial charge in [-0.3, -0.25) is 9.69 Å². The molecule has 3 heterocycles. The molecule has 6 nitrogen and oxygen atoms in total. The number of carbonyl (C=O) groups is 1. The first kappa shape index (κ1) is 21.8. The number of likely N-dealkylation sites (tertiary alicyclic amines) is 1. The number of hydrogen-bond acceptors (Lipinski definition) is 5. The van der Waals surface area contributed by atoms with Crippen molar-refractivity contribution < 1.29 is 23.0 Å². The van der Waals surface area contributed by atoms with Crippen molar-refractivity contribution in [1.29, 1.82) is 0 Å². The molecule has 1 spiro atoms. The minimum atomic E-state index is -2.57. The maximum absolute atomic E-state index is 13.9. The zero-order valence-electron chi connectivity index (χ0n) is 18.7. The molecule has 2 aliphatic rings. The van der Waals surface area contributed by atoms with Crippen LogP contribution in [-0.2, 0) is 11.3 Å². The number of pyridine rings is 1. The Kier molecular flexibility index (Phi) is 5.35. The summed E-state index contributed by atoms with van der Waals surface area (Å²) in [4.78, 5) is 20.5. The highest BCUT2D eigenvalue weighted by Crippen LogP contribution is 2.60. The summed E-state index contributed by atoms with van der Waals surface area (Å²) in [6.07, 6.45) is 4.88. The normalized spacial score (nSPS) is 21.6. The van der Waals surface area contributed by atoms with Crippen LogP contribution in [0.4, 0.5) is 8.78 Å². The van der Waals surface area contributed by atoms with Crippen LogP contribution < -0.4 is 9.47 Å². The molecule has 2 aromatic heterocycles. The predicted molar refractivity (Wildman–Crippen MR) is 120 cm³/mol. The monoisotopic (exact) mass is 455 g/mol. The first-order valence-corrected chi connectivity index (χ1v) is 11.1. The molecule has 0 radical (unpaired) electrons. The number of nitrogens with zero attached hydrogens (tertiary/aromatic N) is 2. The van der Waals surface area contributed by atoms with Gasteiger partial charge >= 0.3 is 0 Å². The average molecular weight is 456 g/mol. The number of aryl methyl sites for hydroxylation is 1. The summed E-state index contributed by atoms with van der Waals surface area (Å²) < 4.78 is 38.3. The minimum absolute atomic E-state index is 0.0555. The Hall–Kier alpha value is -3.00. The molecule has 1 saturated carbocycles. The number of halogens is 2. The van der Waals surface area contributed by atoms with Gasteiger partial charge in [0, 0.05) is 60.4 Å². The minimum Gasteiger partial charge on any atom is -0.496 e. The van der Waals surface area contributed by atoms with Crippen molar-refractivity contribution in [2.45, 2.75) is 51.1 Å². The maximum Gasteiger partial charge on any atom is 0.299 e. The van der Waals surface area contributed by atoms with Crippen molar-refractivity contribution in [3.63, 3.8) is 0 Å². The second kappa shape index (κ2) is 8.09. The summed E-state index contributed by atoms with van der Waals surface area (Å²) in [7, 11) is 1.67. The number of methoxy groups -OCH3 is 1. The van der Waals surface area contributed by atoms with Crippen LogP contribution in [0.5, 0.6) is 11.6 Å². The predicted octanol–water partition coefficient (Wildman–Crippen LogP) is 5.17. The van der Waals surface area contributed by atoms with Crippen molar-refractivity contribution >= 4 is 17.4 Å². The number of ether oxygens (including phenoxy) is 2. The summed E-state index contributed by atoms with van der Waals surface area (Å²) in [5, 5.41) is 1.11. The van der Waals surface area contributed by atoms with Crippen LogP contribution in [0, 0.1) is 12.3 Å². The average Bonchev–Trinajstić information content (AvgIpc) is 3.27. The number of H-pyrrole nitrogens is 1. The van der Waals surface area contributed by atoms with Crippen molar-refractivity contribution in [1.82, 2.24) is 14.9 Å². The van der Waals surface area contributed by atoms with Crippen LogP contribution in [0.2, 0.25) is 0 Å². The Morgan fingerprint density at radius 2 is 2.12 bits per heavy atom. The molecule has 8 heteroatoms. The molecule has 0 amide bonds. The Bertz CT molecular complexity index is 1170. The van der Waals surface area contributed by atoms with Crippen LogP contribution in [0.15, 0.2) is 36.7 Å². The lowest BCUT2D eigenvalue weighted by Crippen LogP contribution is -2.53. The maximum atomic E-state index is 13.9. The van der Waals surface area contributed by atoms with Crippen molar-refractivity contribution in [2.75, 3.05) is 13.7 Å². The van der Waals surface area contributed by atoms with E-state index in [4.69, 9.17) is 9.47 Å². The molecule has 1 aliphatic carbocycles. The number of alkyl halides is 2. The van der Waals surface area contributed by atoms with Gasteiger partial charge in [0.15, 0.2) is 0 Å². The number of aromatic amines is 1. The number of nitrogens with one attached hydrogen (secondary N) is 1. The van der Waals surface area contributed by atoms with Gasteiger partial charge in [0.05, 0.1) is 7.11 Å². The first-order chi connectivity index (χ1) is 15.8. The summed E-state index contributed by atoms with van der Waals surface area (Å²) >= 11 is 0. The third-order valence-electron chi connectivity index (χ3n) is 7.27. The SMILES string of the molecule is COc1cc(C)c2[nH]ccc2c1CN1CCC2(C[C@H]1c1ccc(OC=O)nc1)CC(F)(F)C2. The van der Waals surface area contributed by atoms with Crippen LogP contribution in [-0.4, -0.2) is 40.9 Å². The van der Waals surface area contributed by atoms with Crippen LogP contribution in [0.25, 0.3) is 10.9 Å². The largest absolute Gasteiger partial charge is 0.496 e. The topological polar surface area (TPSA) is 67.4 Å². The highest BCUT2D eigenvalue weighted by Gasteiger charge is 2.58. The Morgan fingerprint density at radius 3 is 2.79 bits per heavy atom. The van der Waals surface area contributed by atoms with E-state index >= 15 is 0 Å². The fourth-order valence-corrected chi connectivity index (χ4v) is 5.75. The number of fused-ring (bicyclic) bond motifs is 1. The van der Waals surface area contributed by atoms with Gasteiger partial charge in [0.1, 0.15) is 5.75 Å². The zero-order valence-corrected chi connectivity index (χ0v) is 18.7. The fraction of sp³-hybridized carbons (Fsp3) is 0.440. The van der Waals surface area contributed by atoms with Crippen LogP contribution in [0.3, 0.4) is 0 Å². The molecule has 1 aromatic carbocycles. The molecule has 0 unspecified atom stereocenters. The molecular formula is C25H27F2N3O3. The molecule has 174 valence electrons. The van der Waals surface area contributed by atoms with Crippen LogP contribution >= 0.6 is 0 Å². The van der Waals surface area contributed by atoms with Gasteiger partial charge < -0.3 is 14.5 Å². The molecule has 1 saturated heterocycles. The van der Waals surface area contributed by atoms with Gasteiger partial charge in [0.25, 0.3) is 6.47 Å². The molecule has 1 N–H and O–H groups in total. The zero-order chi connectivity index (χ0) is 23.2. The molecular weight excluding hydrogens is 428 g/mol. The van der Waals surface area contributed by atoms with E-state index in [0.29, 0.717) is 26.0 Å². The molecule has 33 heavy (non-hydrogen) atoms. The van der Waals surface area contributed by atoms with E-state index in [1.54, 1.807) is 19.4 Å². The van der Waals surface area contributed by atoms with Gasteiger partial charge in [0.2, 0.25) is 11.8 Å². The number of rotatable bonds is 6. The lowest BCUT2D eigenvalue weighted by Gasteiger charge is -2.54. The molecule has 5 rings (SSSR count). The van der Waals surface area contributed by atoms with Gasteiger partial charge in [-0.1, -0.05) is 6.07 Å². The molecule has 1 aliphatic heterocycles.